The number of nitrogens with zero attached hydrogens (tertiary/aromatic N) is 1. The molecule has 1 nitrogen and oxygen atoms in total. The van der Waals surface area contributed by atoms with Crippen molar-refractivity contribution in [3.63, 3.8) is 0 Å². The van der Waals surface area contributed by atoms with Gasteiger partial charge in [-0.05, 0) is 68.7 Å². The second-order valence-electron chi connectivity index (χ2n) is 8.07. The summed E-state index contributed by atoms with van der Waals surface area (Å²) in [5.74, 6) is 0.164. The van der Waals surface area contributed by atoms with Crippen molar-refractivity contribution in [1.29, 1.82) is 0 Å². The van der Waals surface area contributed by atoms with Crippen LogP contribution in [-0.4, -0.2) is 30.3 Å². The van der Waals surface area contributed by atoms with Crippen LogP contribution >= 0.6 is 0 Å². The first-order valence-corrected chi connectivity index (χ1v) is 10.1. The van der Waals surface area contributed by atoms with Crippen molar-refractivity contribution in [3.05, 3.63) is 71.3 Å². The fourth-order valence-corrected chi connectivity index (χ4v) is 3.96. The largest absolute Gasteiger partial charge is 0.299 e. The van der Waals surface area contributed by atoms with Crippen molar-refractivity contribution in [1.82, 2.24) is 4.90 Å². The highest BCUT2D eigenvalue weighted by atomic mass is 19.2. The Balaban J connectivity index is 1.48. The molecule has 0 amide bonds. The van der Waals surface area contributed by atoms with Crippen molar-refractivity contribution < 1.29 is 8.78 Å². The molecule has 0 spiro atoms. The Morgan fingerprint density at radius 3 is 2.30 bits per heavy atom. The van der Waals surface area contributed by atoms with Crippen molar-refractivity contribution in [2.45, 2.75) is 69.9 Å². The lowest BCUT2D eigenvalue weighted by atomic mass is 9.82. The highest BCUT2D eigenvalue weighted by Crippen LogP contribution is 2.35. The summed E-state index contributed by atoms with van der Waals surface area (Å²) in [6.45, 7) is 3.23. The smallest absolute Gasteiger partial charge is 0.132 e. The Hall–Kier alpha value is -1.74. The lowest BCUT2D eigenvalue weighted by Crippen LogP contribution is -2.29. The molecule has 1 aliphatic carbocycles. The van der Waals surface area contributed by atoms with Gasteiger partial charge in [0, 0.05) is 12.6 Å². The third-order valence-electron chi connectivity index (χ3n) is 6.02. The zero-order valence-electron chi connectivity index (χ0n) is 16.5. The zero-order chi connectivity index (χ0) is 19.2. The number of hydrogen-bond acceptors (Lipinski definition) is 1. The van der Waals surface area contributed by atoms with E-state index in [0.717, 1.165) is 31.4 Å². The minimum absolute atomic E-state index is 0.164. The topological polar surface area (TPSA) is 3.24 Å². The molecular formula is C24H31F2N. The molecule has 0 radical (unpaired) electrons. The Kier molecular flexibility index (Phi) is 7.01. The van der Waals surface area contributed by atoms with Gasteiger partial charge >= 0.3 is 0 Å². The quantitative estimate of drug-likeness (QED) is 0.570. The molecule has 0 bridgehead atoms. The van der Waals surface area contributed by atoms with Gasteiger partial charge in [0.15, 0.2) is 0 Å². The van der Waals surface area contributed by atoms with Gasteiger partial charge in [0.2, 0.25) is 0 Å². The minimum Gasteiger partial charge on any atom is -0.299 e. The molecule has 0 saturated heterocycles. The maximum absolute atomic E-state index is 13.7. The standard InChI is InChI=1S/C24H31F2N/c1-18(27(2)17-20-6-4-3-5-7-20)8-9-19-10-12-21(13-11-19)22-14-15-23(25)24(26)16-22/h3-7,10-13,18,22-24H,8-9,14-17H2,1-2H3. The highest BCUT2D eigenvalue weighted by Gasteiger charge is 2.31. The van der Waals surface area contributed by atoms with Gasteiger partial charge in [0.1, 0.15) is 12.3 Å². The van der Waals surface area contributed by atoms with Crippen LogP contribution in [0, 0.1) is 0 Å². The van der Waals surface area contributed by atoms with Crippen LogP contribution in [0.2, 0.25) is 0 Å². The van der Waals surface area contributed by atoms with Gasteiger partial charge in [0.25, 0.3) is 0 Å². The Morgan fingerprint density at radius 2 is 1.63 bits per heavy atom. The molecule has 0 N–H and O–H groups in total. The molecule has 1 aliphatic rings. The maximum atomic E-state index is 13.7. The Morgan fingerprint density at radius 1 is 0.926 bits per heavy atom. The fourth-order valence-electron chi connectivity index (χ4n) is 3.96. The molecule has 2 aromatic carbocycles. The van der Waals surface area contributed by atoms with Crippen LogP contribution < -0.4 is 0 Å². The maximum Gasteiger partial charge on any atom is 0.132 e. The summed E-state index contributed by atoms with van der Waals surface area (Å²) in [5, 5.41) is 0. The molecule has 27 heavy (non-hydrogen) atoms. The molecule has 2 aromatic rings. The Labute approximate surface area is 162 Å². The first kappa shape index (κ1) is 20.0. The van der Waals surface area contributed by atoms with Crippen LogP contribution in [0.3, 0.4) is 0 Å². The highest BCUT2D eigenvalue weighted by molar-refractivity contribution is 5.26. The average molecular weight is 372 g/mol. The first-order valence-electron chi connectivity index (χ1n) is 10.1. The number of benzene rings is 2. The zero-order valence-corrected chi connectivity index (χ0v) is 16.5. The van der Waals surface area contributed by atoms with Crippen LogP contribution in [0.15, 0.2) is 54.6 Å². The SMILES string of the molecule is CC(CCc1ccc(C2CCC(F)C(F)C2)cc1)N(C)Cc1ccccc1. The molecule has 4 atom stereocenters. The van der Waals surface area contributed by atoms with Gasteiger partial charge in [0.05, 0.1) is 0 Å². The second-order valence-corrected chi connectivity index (χ2v) is 8.07. The van der Waals surface area contributed by atoms with Gasteiger partial charge in [-0.2, -0.15) is 0 Å². The van der Waals surface area contributed by atoms with E-state index >= 15 is 0 Å². The monoisotopic (exact) mass is 371 g/mol. The van der Waals surface area contributed by atoms with Crippen molar-refractivity contribution in [2.75, 3.05) is 7.05 Å². The number of aryl methyl sites for hydroxylation is 1. The van der Waals surface area contributed by atoms with E-state index in [1.807, 2.05) is 6.07 Å². The lowest BCUT2D eigenvalue weighted by Gasteiger charge is -2.28. The van der Waals surface area contributed by atoms with Crippen LogP contribution in [0.25, 0.3) is 0 Å². The van der Waals surface area contributed by atoms with E-state index in [2.05, 4.69) is 67.4 Å². The third kappa shape index (κ3) is 5.62. The van der Waals surface area contributed by atoms with Crippen molar-refractivity contribution in [3.8, 4) is 0 Å². The normalized spacial score (nSPS) is 24.1. The first-order chi connectivity index (χ1) is 13.0. The van der Waals surface area contributed by atoms with Gasteiger partial charge in [-0.15, -0.1) is 0 Å². The summed E-state index contributed by atoms with van der Waals surface area (Å²) in [5.41, 5.74) is 3.81. The molecule has 0 heterocycles. The van der Waals surface area contributed by atoms with Gasteiger partial charge in [-0.1, -0.05) is 54.6 Å². The molecule has 0 aromatic heterocycles. The van der Waals surface area contributed by atoms with E-state index in [4.69, 9.17) is 0 Å². The summed E-state index contributed by atoms with van der Waals surface area (Å²) >= 11 is 0. The van der Waals surface area contributed by atoms with E-state index < -0.39 is 12.3 Å². The molecular weight excluding hydrogens is 340 g/mol. The van der Waals surface area contributed by atoms with E-state index in [9.17, 15) is 8.78 Å². The fraction of sp³-hybridized carbons (Fsp3) is 0.500. The van der Waals surface area contributed by atoms with E-state index in [0.29, 0.717) is 18.9 Å². The summed E-state index contributed by atoms with van der Waals surface area (Å²) in [6.07, 6.45) is 0.980. The number of halogens is 2. The summed E-state index contributed by atoms with van der Waals surface area (Å²) < 4.78 is 27.0. The van der Waals surface area contributed by atoms with Crippen LogP contribution in [0.5, 0.6) is 0 Å². The van der Waals surface area contributed by atoms with Crippen LogP contribution in [-0.2, 0) is 13.0 Å². The van der Waals surface area contributed by atoms with Gasteiger partial charge < -0.3 is 0 Å². The number of alkyl halides is 2. The van der Waals surface area contributed by atoms with Crippen LogP contribution in [0.4, 0.5) is 8.78 Å². The lowest BCUT2D eigenvalue weighted by molar-refractivity contribution is 0.108. The van der Waals surface area contributed by atoms with E-state index in [-0.39, 0.29) is 5.92 Å². The van der Waals surface area contributed by atoms with E-state index in [1.54, 1.807) is 0 Å². The molecule has 146 valence electrons. The third-order valence-corrected chi connectivity index (χ3v) is 6.02. The molecule has 4 unspecified atom stereocenters. The minimum atomic E-state index is -1.30. The van der Waals surface area contributed by atoms with Crippen molar-refractivity contribution >= 4 is 0 Å². The predicted octanol–water partition coefficient (Wildman–Crippen LogP) is 6.08. The van der Waals surface area contributed by atoms with Crippen molar-refractivity contribution in [2.24, 2.45) is 0 Å². The number of hydrogen-bond donors (Lipinski definition) is 0. The average Bonchev–Trinajstić information content (AvgIpc) is 2.69. The second kappa shape index (κ2) is 9.45. The summed E-state index contributed by atoms with van der Waals surface area (Å²) in [6, 6.07) is 19.6. The van der Waals surface area contributed by atoms with E-state index in [1.165, 1.54) is 11.1 Å². The van der Waals surface area contributed by atoms with Gasteiger partial charge in [-0.25, -0.2) is 8.78 Å². The Bertz CT molecular complexity index is 685. The molecule has 1 saturated carbocycles. The molecule has 1 fully saturated rings. The molecule has 0 aliphatic heterocycles. The molecule has 3 rings (SSSR count). The number of rotatable bonds is 7. The predicted molar refractivity (Wildman–Crippen MR) is 109 cm³/mol. The van der Waals surface area contributed by atoms with Crippen LogP contribution in [0.1, 0.15) is 55.2 Å². The summed E-state index contributed by atoms with van der Waals surface area (Å²) in [7, 11) is 2.18. The molecule has 3 heteroatoms. The summed E-state index contributed by atoms with van der Waals surface area (Å²) in [4.78, 5) is 2.39. The van der Waals surface area contributed by atoms with Gasteiger partial charge in [-0.3, -0.25) is 4.90 Å².